The number of nitrogens with one attached hydrogen (secondary N) is 1. The quantitative estimate of drug-likeness (QED) is 0.789. The summed E-state index contributed by atoms with van der Waals surface area (Å²) < 4.78 is 15.2. The Morgan fingerprint density at radius 1 is 1.10 bits per heavy atom. The van der Waals surface area contributed by atoms with Gasteiger partial charge in [0.2, 0.25) is 0 Å². The van der Waals surface area contributed by atoms with E-state index in [2.05, 4.69) is 20.9 Å². The first-order valence-corrected chi connectivity index (χ1v) is 6.59. The lowest BCUT2D eigenvalue weighted by molar-refractivity contribution is 0.614. The third-order valence-corrected chi connectivity index (χ3v) is 3.38. The minimum atomic E-state index is -0.202. The van der Waals surface area contributed by atoms with E-state index in [0.29, 0.717) is 13.1 Å². The van der Waals surface area contributed by atoms with Crippen LogP contribution >= 0.6 is 0 Å². The maximum Gasteiger partial charge on any atom is 0.123 e. The summed E-state index contributed by atoms with van der Waals surface area (Å²) in [5.74, 6) is 0.773. The van der Waals surface area contributed by atoms with Gasteiger partial charge in [-0.25, -0.2) is 9.37 Å². The normalized spacial score (nSPS) is 11.1. The van der Waals surface area contributed by atoms with E-state index < -0.39 is 0 Å². The SMILES string of the molecule is Cn1c(CNCc2cccc(F)c2)nc2ccccc21. The first-order chi connectivity index (χ1) is 9.74. The summed E-state index contributed by atoms with van der Waals surface area (Å²) >= 11 is 0. The Labute approximate surface area is 117 Å². The number of benzene rings is 2. The molecule has 0 radical (unpaired) electrons. The number of hydrogen-bond acceptors (Lipinski definition) is 2. The summed E-state index contributed by atoms with van der Waals surface area (Å²) in [4.78, 5) is 4.59. The minimum Gasteiger partial charge on any atom is -0.330 e. The number of hydrogen-bond donors (Lipinski definition) is 1. The van der Waals surface area contributed by atoms with Crippen LogP contribution in [0.15, 0.2) is 48.5 Å². The second kappa shape index (κ2) is 5.43. The Bertz CT molecular complexity index is 733. The minimum absolute atomic E-state index is 0.202. The number of nitrogens with zero attached hydrogens (tertiary/aromatic N) is 2. The molecule has 3 rings (SSSR count). The highest BCUT2D eigenvalue weighted by Crippen LogP contribution is 2.14. The molecule has 0 saturated heterocycles. The molecule has 0 amide bonds. The molecule has 1 heterocycles. The van der Waals surface area contributed by atoms with Gasteiger partial charge in [0, 0.05) is 13.6 Å². The van der Waals surface area contributed by atoms with E-state index >= 15 is 0 Å². The predicted molar refractivity (Wildman–Crippen MR) is 77.7 cm³/mol. The van der Waals surface area contributed by atoms with Crippen LogP contribution in [-0.4, -0.2) is 9.55 Å². The molecule has 4 heteroatoms. The summed E-state index contributed by atoms with van der Waals surface area (Å²) in [5, 5.41) is 3.30. The molecule has 2 aromatic carbocycles. The largest absolute Gasteiger partial charge is 0.330 e. The van der Waals surface area contributed by atoms with Crippen LogP contribution < -0.4 is 5.32 Å². The van der Waals surface area contributed by atoms with Gasteiger partial charge in [0.15, 0.2) is 0 Å². The van der Waals surface area contributed by atoms with Crippen LogP contribution in [0.25, 0.3) is 11.0 Å². The fourth-order valence-electron chi connectivity index (χ4n) is 2.32. The second-order valence-electron chi connectivity index (χ2n) is 4.81. The molecule has 0 aliphatic carbocycles. The second-order valence-corrected chi connectivity index (χ2v) is 4.81. The number of aryl methyl sites for hydroxylation is 1. The van der Waals surface area contributed by atoms with Crippen molar-refractivity contribution in [1.82, 2.24) is 14.9 Å². The highest BCUT2D eigenvalue weighted by molar-refractivity contribution is 5.75. The maximum atomic E-state index is 13.1. The fraction of sp³-hybridized carbons (Fsp3) is 0.188. The van der Waals surface area contributed by atoms with Gasteiger partial charge >= 0.3 is 0 Å². The van der Waals surface area contributed by atoms with Gasteiger partial charge < -0.3 is 9.88 Å². The Morgan fingerprint density at radius 3 is 2.75 bits per heavy atom. The topological polar surface area (TPSA) is 29.9 Å². The smallest absolute Gasteiger partial charge is 0.123 e. The number of halogens is 1. The van der Waals surface area contributed by atoms with E-state index in [-0.39, 0.29) is 5.82 Å². The third kappa shape index (κ3) is 2.56. The first-order valence-electron chi connectivity index (χ1n) is 6.59. The zero-order valence-corrected chi connectivity index (χ0v) is 11.3. The Kier molecular flexibility index (Phi) is 3.48. The molecule has 3 nitrogen and oxygen atoms in total. The molecule has 0 spiro atoms. The molecular formula is C16H16FN3. The van der Waals surface area contributed by atoms with Crippen molar-refractivity contribution >= 4 is 11.0 Å². The Hall–Kier alpha value is -2.20. The van der Waals surface area contributed by atoms with Gasteiger partial charge in [-0.3, -0.25) is 0 Å². The zero-order chi connectivity index (χ0) is 13.9. The van der Waals surface area contributed by atoms with E-state index in [0.717, 1.165) is 22.4 Å². The van der Waals surface area contributed by atoms with E-state index in [1.54, 1.807) is 12.1 Å². The molecular weight excluding hydrogens is 253 g/mol. The van der Waals surface area contributed by atoms with Gasteiger partial charge in [-0.05, 0) is 29.8 Å². The van der Waals surface area contributed by atoms with Crippen LogP contribution in [0, 0.1) is 5.82 Å². The van der Waals surface area contributed by atoms with Crippen molar-refractivity contribution in [3.63, 3.8) is 0 Å². The van der Waals surface area contributed by atoms with Crippen molar-refractivity contribution in [2.75, 3.05) is 0 Å². The van der Waals surface area contributed by atoms with Crippen molar-refractivity contribution in [3.05, 3.63) is 65.7 Å². The van der Waals surface area contributed by atoms with Crippen LogP contribution in [0.5, 0.6) is 0 Å². The molecule has 0 unspecified atom stereocenters. The van der Waals surface area contributed by atoms with Crippen LogP contribution in [-0.2, 0) is 20.1 Å². The van der Waals surface area contributed by atoms with E-state index in [9.17, 15) is 4.39 Å². The average molecular weight is 269 g/mol. The molecule has 0 aliphatic heterocycles. The third-order valence-electron chi connectivity index (χ3n) is 3.38. The molecule has 0 atom stereocenters. The summed E-state index contributed by atoms with van der Waals surface area (Å²) in [6.45, 7) is 1.28. The van der Waals surface area contributed by atoms with Gasteiger partial charge in [-0.1, -0.05) is 24.3 Å². The van der Waals surface area contributed by atoms with Crippen molar-refractivity contribution in [3.8, 4) is 0 Å². The molecule has 0 fully saturated rings. The zero-order valence-electron chi connectivity index (χ0n) is 11.3. The van der Waals surface area contributed by atoms with Gasteiger partial charge in [-0.15, -0.1) is 0 Å². The molecule has 0 aliphatic rings. The van der Waals surface area contributed by atoms with Gasteiger partial charge in [0.25, 0.3) is 0 Å². The van der Waals surface area contributed by atoms with Crippen molar-refractivity contribution in [2.24, 2.45) is 7.05 Å². The van der Waals surface area contributed by atoms with E-state index in [1.807, 2.05) is 31.3 Å². The van der Waals surface area contributed by atoms with Crippen LogP contribution in [0.1, 0.15) is 11.4 Å². The summed E-state index contributed by atoms with van der Waals surface area (Å²) in [6, 6.07) is 14.7. The van der Waals surface area contributed by atoms with Crippen molar-refractivity contribution < 1.29 is 4.39 Å². The standard InChI is InChI=1S/C16H16FN3/c1-20-15-8-3-2-7-14(15)19-16(20)11-18-10-12-5-4-6-13(17)9-12/h2-9,18H,10-11H2,1H3. The number of fused-ring (bicyclic) bond motifs is 1. The first kappa shape index (κ1) is 12.8. The number of para-hydroxylation sites is 2. The summed E-state index contributed by atoms with van der Waals surface area (Å²) in [6.07, 6.45) is 0. The molecule has 20 heavy (non-hydrogen) atoms. The molecule has 1 aromatic heterocycles. The fourth-order valence-corrected chi connectivity index (χ4v) is 2.32. The summed E-state index contributed by atoms with van der Waals surface area (Å²) in [5.41, 5.74) is 3.05. The lowest BCUT2D eigenvalue weighted by atomic mass is 10.2. The lowest BCUT2D eigenvalue weighted by Crippen LogP contribution is -2.15. The van der Waals surface area contributed by atoms with Crippen molar-refractivity contribution in [1.29, 1.82) is 0 Å². The number of imidazole rings is 1. The molecule has 0 saturated carbocycles. The highest BCUT2D eigenvalue weighted by atomic mass is 19.1. The predicted octanol–water partition coefficient (Wildman–Crippen LogP) is 3.00. The molecule has 3 aromatic rings. The lowest BCUT2D eigenvalue weighted by Gasteiger charge is -2.05. The Morgan fingerprint density at radius 2 is 1.95 bits per heavy atom. The molecule has 102 valence electrons. The molecule has 0 bridgehead atoms. The summed E-state index contributed by atoms with van der Waals surface area (Å²) in [7, 11) is 2.01. The van der Waals surface area contributed by atoms with Crippen molar-refractivity contribution in [2.45, 2.75) is 13.1 Å². The van der Waals surface area contributed by atoms with Gasteiger partial charge in [0.05, 0.1) is 17.6 Å². The Balaban J connectivity index is 1.69. The van der Waals surface area contributed by atoms with Crippen LogP contribution in [0.4, 0.5) is 4.39 Å². The van der Waals surface area contributed by atoms with Crippen LogP contribution in [0.2, 0.25) is 0 Å². The van der Waals surface area contributed by atoms with Gasteiger partial charge in [0.1, 0.15) is 11.6 Å². The monoisotopic (exact) mass is 269 g/mol. The maximum absolute atomic E-state index is 13.1. The highest BCUT2D eigenvalue weighted by Gasteiger charge is 2.06. The van der Waals surface area contributed by atoms with E-state index in [1.165, 1.54) is 6.07 Å². The average Bonchev–Trinajstić information content (AvgIpc) is 2.76. The number of aromatic nitrogens is 2. The van der Waals surface area contributed by atoms with Gasteiger partial charge in [-0.2, -0.15) is 0 Å². The molecule has 1 N–H and O–H groups in total. The number of rotatable bonds is 4. The van der Waals surface area contributed by atoms with E-state index in [4.69, 9.17) is 0 Å². The van der Waals surface area contributed by atoms with Crippen LogP contribution in [0.3, 0.4) is 0 Å².